The molecule has 1 aromatic carbocycles. The van der Waals surface area contributed by atoms with E-state index in [4.69, 9.17) is 9.47 Å². The number of methoxy groups -OCH3 is 1. The van der Waals surface area contributed by atoms with Crippen molar-refractivity contribution in [3.05, 3.63) is 42.2 Å². The molecule has 110 valence electrons. The Balaban J connectivity index is 2.42. The molecule has 0 aliphatic rings. The summed E-state index contributed by atoms with van der Waals surface area (Å²) in [5.41, 5.74) is 1.65. The highest BCUT2D eigenvalue weighted by molar-refractivity contribution is 5.92. The van der Waals surface area contributed by atoms with Crippen LogP contribution in [0.5, 0.6) is 11.5 Å². The second-order valence-corrected chi connectivity index (χ2v) is 4.80. The van der Waals surface area contributed by atoms with Gasteiger partial charge in [0.15, 0.2) is 0 Å². The van der Waals surface area contributed by atoms with Crippen molar-refractivity contribution < 1.29 is 19.4 Å². The zero-order valence-corrected chi connectivity index (χ0v) is 12.2. The van der Waals surface area contributed by atoms with Crippen molar-refractivity contribution in [2.24, 2.45) is 0 Å². The Morgan fingerprint density at radius 3 is 2.57 bits per heavy atom. The van der Waals surface area contributed by atoms with Crippen LogP contribution in [0.4, 0.5) is 0 Å². The summed E-state index contributed by atoms with van der Waals surface area (Å²) in [6, 6.07) is 6.83. The number of hydrogen-bond donors (Lipinski definition) is 1. The Morgan fingerprint density at radius 2 is 1.95 bits per heavy atom. The molecule has 0 saturated carbocycles. The minimum absolute atomic E-state index is 0.0486. The smallest absolute Gasteiger partial charge is 0.339 e. The van der Waals surface area contributed by atoms with E-state index >= 15 is 0 Å². The van der Waals surface area contributed by atoms with Crippen molar-refractivity contribution >= 4 is 5.97 Å². The molecule has 0 radical (unpaired) electrons. The van der Waals surface area contributed by atoms with Gasteiger partial charge in [0.25, 0.3) is 0 Å². The first-order chi connectivity index (χ1) is 10.0. The van der Waals surface area contributed by atoms with Crippen LogP contribution in [-0.4, -0.2) is 29.3 Å². The molecule has 0 unspecified atom stereocenters. The van der Waals surface area contributed by atoms with Crippen LogP contribution in [0.3, 0.4) is 0 Å². The van der Waals surface area contributed by atoms with E-state index in [1.54, 1.807) is 30.6 Å². The summed E-state index contributed by atoms with van der Waals surface area (Å²) < 4.78 is 10.6. The van der Waals surface area contributed by atoms with Gasteiger partial charge in [0.1, 0.15) is 17.1 Å². The van der Waals surface area contributed by atoms with E-state index in [-0.39, 0.29) is 11.7 Å². The molecule has 1 heterocycles. The molecule has 21 heavy (non-hydrogen) atoms. The Hall–Kier alpha value is -2.56. The van der Waals surface area contributed by atoms with Gasteiger partial charge < -0.3 is 14.6 Å². The highest BCUT2D eigenvalue weighted by Gasteiger charge is 2.13. The van der Waals surface area contributed by atoms with E-state index in [1.807, 2.05) is 19.9 Å². The fourth-order valence-corrected chi connectivity index (χ4v) is 1.97. The number of aromatic carboxylic acids is 1. The third-order valence-electron chi connectivity index (χ3n) is 2.85. The summed E-state index contributed by atoms with van der Waals surface area (Å²) in [4.78, 5) is 15.4. The van der Waals surface area contributed by atoms with Crippen molar-refractivity contribution in [1.29, 1.82) is 0 Å². The summed E-state index contributed by atoms with van der Waals surface area (Å²) >= 11 is 0. The van der Waals surface area contributed by atoms with Crippen LogP contribution in [0.1, 0.15) is 24.2 Å². The molecule has 1 N–H and O–H groups in total. The number of benzene rings is 1. The molecule has 0 bridgehead atoms. The first kappa shape index (κ1) is 14.8. The van der Waals surface area contributed by atoms with Gasteiger partial charge in [0.2, 0.25) is 0 Å². The van der Waals surface area contributed by atoms with Crippen LogP contribution in [-0.2, 0) is 0 Å². The minimum atomic E-state index is -1.03. The number of nitrogens with zero attached hydrogens (tertiary/aromatic N) is 1. The van der Waals surface area contributed by atoms with Crippen LogP contribution >= 0.6 is 0 Å². The van der Waals surface area contributed by atoms with Gasteiger partial charge in [-0.3, -0.25) is 4.98 Å². The average molecular weight is 287 g/mol. The quantitative estimate of drug-likeness (QED) is 0.914. The van der Waals surface area contributed by atoms with Crippen LogP contribution in [0.2, 0.25) is 0 Å². The maximum absolute atomic E-state index is 11.3. The van der Waals surface area contributed by atoms with E-state index in [2.05, 4.69) is 4.98 Å². The SMILES string of the molecule is COc1ccc(-c2cncc(OC(C)C)c2)cc1C(=O)O. The number of carboxylic acids is 1. The van der Waals surface area contributed by atoms with Crippen LogP contribution in [0.15, 0.2) is 36.7 Å². The lowest BCUT2D eigenvalue weighted by atomic mass is 10.0. The number of carbonyl (C=O) groups is 1. The molecule has 0 fully saturated rings. The van der Waals surface area contributed by atoms with E-state index in [9.17, 15) is 9.90 Å². The number of carboxylic acid groups (broad SMARTS) is 1. The normalized spacial score (nSPS) is 10.5. The molecule has 2 rings (SSSR count). The predicted octanol–water partition coefficient (Wildman–Crippen LogP) is 3.24. The number of rotatable bonds is 5. The van der Waals surface area contributed by atoms with Gasteiger partial charge in [-0.05, 0) is 37.6 Å². The number of hydrogen-bond acceptors (Lipinski definition) is 4. The molecule has 2 aromatic rings. The predicted molar refractivity (Wildman–Crippen MR) is 78.9 cm³/mol. The zero-order chi connectivity index (χ0) is 15.4. The topological polar surface area (TPSA) is 68.7 Å². The van der Waals surface area contributed by atoms with Crippen molar-refractivity contribution in [2.45, 2.75) is 20.0 Å². The second kappa shape index (κ2) is 6.26. The lowest BCUT2D eigenvalue weighted by Gasteiger charge is -2.11. The number of pyridine rings is 1. The highest BCUT2D eigenvalue weighted by atomic mass is 16.5. The lowest BCUT2D eigenvalue weighted by Crippen LogP contribution is -2.05. The van der Waals surface area contributed by atoms with Crippen LogP contribution in [0, 0.1) is 0 Å². The molecule has 1 aromatic heterocycles. The van der Waals surface area contributed by atoms with E-state index < -0.39 is 5.97 Å². The monoisotopic (exact) mass is 287 g/mol. The van der Waals surface area contributed by atoms with E-state index in [0.29, 0.717) is 11.5 Å². The first-order valence-corrected chi connectivity index (χ1v) is 6.54. The van der Waals surface area contributed by atoms with Crippen molar-refractivity contribution in [2.75, 3.05) is 7.11 Å². The van der Waals surface area contributed by atoms with Gasteiger partial charge in [-0.15, -0.1) is 0 Å². The molecular weight excluding hydrogens is 270 g/mol. The zero-order valence-electron chi connectivity index (χ0n) is 12.2. The summed E-state index contributed by atoms with van der Waals surface area (Å²) in [7, 11) is 1.44. The van der Waals surface area contributed by atoms with Crippen molar-refractivity contribution in [3.63, 3.8) is 0 Å². The van der Waals surface area contributed by atoms with Gasteiger partial charge in [0, 0.05) is 11.8 Å². The number of aromatic nitrogens is 1. The summed E-state index contributed by atoms with van der Waals surface area (Å²) in [5.74, 6) is -0.0553. The highest BCUT2D eigenvalue weighted by Crippen LogP contribution is 2.28. The van der Waals surface area contributed by atoms with Gasteiger partial charge >= 0.3 is 5.97 Å². The Morgan fingerprint density at radius 1 is 1.19 bits per heavy atom. The molecule has 0 aliphatic carbocycles. The summed E-state index contributed by atoms with van der Waals surface area (Å²) in [6.07, 6.45) is 3.35. The fraction of sp³-hybridized carbons (Fsp3) is 0.250. The average Bonchev–Trinajstić information content (AvgIpc) is 2.46. The maximum atomic E-state index is 11.3. The van der Waals surface area contributed by atoms with E-state index in [1.165, 1.54) is 7.11 Å². The molecular formula is C16H17NO4. The maximum Gasteiger partial charge on any atom is 0.339 e. The molecule has 0 saturated heterocycles. The fourth-order valence-electron chi connectivity index (χ4n) is 1.97. The lowest BCUT2D eigenvalue weighted by molar-refractivity contribution is 0.0693. The third kappa shape index (κ3) is 3.51. The van der Waals surface area contributed by atoms with Gasteiger partial charge in [0.05, 0.1) is 19.4 Å². The standard InChI is InChI=1S/C16H17NO4/c1-10(2)21-13-6-12(8-17-9-13)11-4-5-15(20-3)14(7-11)16(18)19/h4-10H,1-3H3,(H,18,19). The summed E-state index contributed by atoms with van der Waals surface area (Å²) in [5, 5.41) is 9.22. The van der Waals surface area contributed by atoms with Gasteiger partial charge in [-0.2, -0.15) is 0 Å². The Labute approximate surface area is 123 Å². The molecule has 0 aliphatic heterocycles. The second-order valence-electron chi connectivity index (χ2n) is 4.80. The number of ether oxygens (including phenoxy) is 2. The molecule has 0 amide bonds. The Kier molecular flexibility index (Phi) is 4.42. The van der Waals surface area contributed by atoms with Crippen molar-refractivity contribution in [1.82, 2.24) is 4.98 Å². The largest absolute Gasteiger partial charge is 0.496 e. The summed E-state index contributed by atoms with van der Waals surface area (Å²) in [6.45, 7) is 3.87. The van der Waals surface area contributed by atoms with E-state index in [0.717, 1.165) is 11.1 Å². The van der Waals surface area contributed by atoms with Crippen LogP contribution in [0.25, 0.3) is 11.1 Å². The van der Waals surface area contributed by atoms with Gasteiger partial charge in [-0.1, -0.05) is 6.07 Å². The molecule has 0 atom stereocenters. The third-order valence-corrected chi connectivity index (χ3v) is 2.85. The minimum Gasteiger partial charge on any atom is -0.496 e. The first-order valence-electron chi connectivity index (χ1n) is 6.54. The molecule has 5 heteroatoms. The van der Waals surface area contributed by atoms with Gasteiger partial charge in [-0.25, -0.2) is 4.79 Å². The Bertz CT molecular complexity index is 652. The molecule has 5 nitrogen and oxygen atoms in total. The molecule has 0 spiro atoms. The van der Waals surface area contributed by atoms with Crippen LogP contribution < -0.4 is 9.47 Å². The van der Waals surface area contributed by atoms with Crippen molar-refractivity contribution in [3.8, 4) is 22.6 Å².